The molecule has 1 aromatic heterocycles. The molecule has 3 aromatic rings. The van der Waals surface area contributed by atoms with Crippen LogP contribution in [0.15, 0.2) is 54.7 Å². The molecule has 0 radical (unpaired) electrons. The van der Waals surface area contributed by atoms with Gasteiger partial charge in [-0.25, -0.2) is 0 Å². The first kappa shape index (κ1) is 24.1. The summed E-state index contributed by atoms with van der Waals surface area (Å²) in [6.45, 7) is 0.584. The quantitative estimate of drug-likeness (QED) is 0.471. The number of carbonyl (C=O) groups is 3. The number of aromatic nitrogens is 1. The maximum atomic E-state index is 12.9. The smallest absolute Gasteiger partial charge is 0.233 e. The Bertz CT molecular complexity index is 1240. The molecule has 0 spiro atoms. The number of aromatic amines is 1. The van der Waals surface area contributed by atoms with Crippen LogP contribution in [0.3, 0.4) is 0 Å². The lowest BCUT2D eigenvalue weighted by atomic mass is 9.81. The van der Waals surface area contributed by atoms with E-state index in [2.05, 4.69) is 45.5 Å². The number of hydrogen-bond acceptors (Lipinski definition) is 4. The van der Waals surface area contributed by atoms with Crippen molar-refractivity contribution in [2.45, 2.75) is 38.0 Å². The van der Waals surface area contributed by atoms with Gasteiger partial charge in [-0.05, 0) is 42.2 Å². The molecule has 0 bridgehead atoms. The highest BCUT2D eigenvalue weighted by Crippen LogP contribution is 2.38. The Morgan fingerprint density at radius 3 is 2.36 bits per heavy atom. The molecule has 1 aliphatic carbocycles. The Hall–Kier alpha value is -3.61. The van der Waals surface area contributed by atoms with Crippen LogP contribution in [0, 0.1) is 11.8 Å². The summed E-state index contributed by atoms with van der Waals surface area (Å²) in [5.41, 5.74) is 4.40. The number of hydrogen-bond donors (Lipinski definition) is 2. The van der Waals surface area contributed by atoms with Crippen LogP contribution in [-0.2, 0) is 14.4 Å². The third-order valence-corrected chi connectivity index (χ3v) is 7.81. The molecule has 2 N–H and O–H groups in total. The number of para-hydroxylation sites is 1. The Morgan fingerprint density at radius 1 is 1.03 bits per heavy atom. The number of nitrogens with one attached hydrogen (secondary N) is 2. The first-order valence-corrected chi connectivity index (χ1v) is 12.9. The molecule has 1 aliphatic heterocycles. The molecule has 7 heteroatoms. The molecule has 2 aromatic carbocycles. The number of benzene rings is 2. The van der Waals surface area contributed by atoms with Crippen LogP contribution in [0.25, 0.3) is 10.9 Å². The summed E-state index contributed by atoms with van der Waals surface area (Å²) >= 11 is 0. The second kappa shape index (κ2) is 10.2. The van der Waals surface area contributed by atoms with E-state index in [9.17, 15) is 14.4 Å². The number of likely N-dealkylation sites (tertiary alicyclic amines) is 1. The summed E-state index contributed by atoms with van der Waals surface area (Å²) in [6, 6.07) is 16.6. The van der Waals surface area contributed by atoms with Gasteiger partial charge in [-0.3, -0.25) is 19.3 Å². The average Bonchev–Trinajstić information content (AvgIpc) is 3.42. The van der Waals surface area contributed by atoms with Crippen molar-refractivity contribution in [3.05, 3.63) is 65.9 Å². The number of imide groups is 1. The largest absolute Gasteiger partial charge is 0.378 e. The van der Waals surface area contributed by atoms with E-state index in [-0.39, 0.29) is 48.4 Å². The summed E-state index contributed by atoms with van der Waals surface area (Å²) in [7, 11) is 4.02. The van der Waals surface area contributed by atoms with Crippen LogP contribution < -0.4 is 10.2 Å². The molecular formula is C29H34N4O3. The Balaban J connectivity index is 1.28. The number of anilines is 1. The third-order valence-electron chi connectivity index (χ3n) is 7.81. The zero-order valence-corrected chi connectivity index (χ0v) is 21.0. The number of fused-ring (bicyclic) bond motifs is 2. The highest BCUT2D eigenvalue weighted by atomic mass is 16.2. The van der Waals surface area contributed by atoms with Crippen molar-refractivity contribution in [3.8, 4) is 0 Å². The highest BCUT2D eigenvalue weighted by molar-refractivity contribution is 6.05. The molecule has 2 aliphatic rings. The minimum absolute atomic E-state index is 0.0424. The van der Waals surface area contributed by atoms with Gasteiger partial charge < -0.3 is 15.2 Å². The summed E-state index contributed by atoms with van der Waals surface area (Å²) in [4.78, 5) is 45.1. The zero-order valence-electron chi connectivity index (χ0n) is 21.0. The molecule has 188 valence electrons. The van der Waals surface area contributed by atoms with Crippen LogP contribution in [0.1, 0.15) is 49.1 Å². The SMILES string of the molecule is CN(C)c1ccc(C(CNC(=O)CCN2C(=O)C3CCCCC3C2=O)c2c[nH]c3ccccc23)cc1. The number of amides is 3. The van der Waals surface area contributed by atoms with Gasteiger partial charge >= 0.3 is 0 Å². The van der Waals surface area contributed by atoms with Crippen molar-refractivity contribution >= 4 is 34.3 Å². The fourth-order valence-electron chi connectivity index (χ4n) is 5.76. The first-order valence-electron chi connectivity index (χ1n) is 12.9. The molecule has 3 atom stereocenters. The van der Waals surface area contributed by atoms with Crippen LogP contribution in [-0.4, -0.2) is 54.8 Å². The van der Waals surface area contributed by atoms with E-state index in [0.717, 1.165) is 53.4 Å². The average molecular weight is 487 g/mol. The summed E-state index contributed by atoms with van der Waals surface area (Å²) < 4.78 is 0. The second-order valence-corrected chi connectivity index (χ2v) is 10.2. The Morgan fingerprint density at radius 2 is 1.69 bits per heavy atom. The van der Waals surface area contributed by atoms with E-state index < -0.39 is 0 Å². The second-order valence-electron chi connectivity index (χ2n) is 10.2. The van der Waals surface area contributed by atoms with E-state index in [1.807, 2.05) is 38.5 Å². The number of carbonyl (C=O) groups excluding carboxylic acids is 3. The Kier molecular flexibility index (Phi) is 6.81. The summed E-state index contributed by atoms with van der Waals surface area (Å²) in [6.07, 6.45) is 5.72. The lowest BCUT2D eigenvalue weighted by Gasteiger charge is -2.20. The van der Waals surface area contributed by atoms with Gasteiger partial charge in [0, 0.05) is 62.3 Å². The Labute approximate surface area is 211 Å². The van der Waals surface area contributed by atoms with Crippen molar-refractivity contribution in [1.82, 2.24) is 15.2 Å². The maximum absolute atomic E-state index is 12.9. The number of H-pyrrole nitrogens is 1. The van der Waals surface area contributed by atoms with Gasteiger partial charge in [0.05, 0.1) is 11.8 Å². The lowest BCUT2D eigenvalue weighted by Crippen LogP contribution is -2.36. The van der Waals surface area contributed by atoms with Crippen molar-refractivity contribution in [2.75, 3.05) is 32.1 Å². The van der Waals surface area contributed by atoms with Gasteiger partial charge in [0.1, 0.15) is 0 Å². The number of nitrogens with zero attached hydrogens (tertiary/aromatic N) is 2. The van der Waals surface area contributed by atoms with E-state index in [1.54, 1.807) is 0 Å². The molecule has 3 unspecified atom stereocenters. The minimum atomic E-state index is -0.175. The molecule has 3 amide bonds. The molecule has 1 saturated heterocycles. The monoisotopic (exact) mass is 486 g/mol. The highest BCUT2D eigenvalue weighted by Gasteiger charge is 2.47. The van der Waals surface area contributed by atoms with Crippen molar-refractivity contribution in [3.63, 3.8) is 0 Å². The lowest BCUT2D eigenvalue weighted by molar-refractivity contribution is -0.140. The van der Waals surface area contributed by atoms with E-state index in [0.29, 0.717) is 6.54 Å². The molecule has 5 rings (SSSR count). The van der Waals surface area contributed by atoms with E-state index in [4.69, 9.17) is 0 Å². The van der Waals surface area contributed by atoms with Crippen LogP contribution in [0.2, 0.25) is 0 Å². The minimum Gasteiger partial charge on any atom is -0.378 e. The van der Waals surface area contributed by atoms with Gasteiger partial charge in [0.2, 0.25) is 17.7 Å². The first-order chi connectivity index (χ1) is 17.4. The number of rotatable bonds is 8. The van der Waals surface area contributed by atoms with Gasteiger partial charge in [-0.1, -0.05) is 43.2 Å². The van der Waals surface area contributed by atoms with Gasteiger partial charge in [-0.2, -0.15) is 0 Å². The van der Waals surface area contributed by atoms with Crippen LogP contribution >= 0.6 is 0 Å². The van der Waals surface area contributed by atoms with Gasteiger partial charge in [0.25, 0.3) is 0 Å². The molecular weight excluding hydrogens is 452 g/mol. The fraction of sp³-hybridized carbons (Fsp3) is 0.414. The predicted octanol–water partition coefficient (Wildman–Crippen LogP) is 4.05. The van der Waals surface area contributed by atoms with Crippen LogP contribution in [0.5, 0.6) is 0 Å². The topological polar surface area (TPSA) is 85.5 Å². The molecule has 1 saturated carbocycles. The summed E-state index contributed by atoms with van der Waals surface area (Å²) in [5.74, 6) is -0.721. The van der Waals surface area contributed by atoms with E-state index >= 15 is 0 Å². The standard InChI is InChI=1S/C29H34N4O3/c1-32(2)20-13-11-19(12-14-20)24(25-18-30-26-10-6-5-7-21(25)26)17-31-27(34)15-16-33-28(35)22-8-3-4-9-23(22)29(33)36/h5-7,10-14,18,22-24,30H,3-4,8-9,15-17H2,1-2H3,(H,31,34). The summed E-state index contributed by atoms with van der Waals surface area (Å²) in [5, 5.41) is 4.20. The fourth-order valence-corrected chi connectivity index (χ4v) is 5.76. The molecule has 7 nitrogen and oxygen atoms in total. The van der Waals surface area contributed by atoms with Gasteiger partial charge in [0.15, 0.2) is 0 Å². The molecule has 2 heterocycles. The molecule has 36 heavy (non-hydrogen) atoms. The van der Waals surface area contributed by atoms with Crippen molar-refractivity contribution in [1.29, 1.82) is 0 Å². The normalized spacial score (nSPS) is 20.4. The van der Waals surface area contributed by atoms with Crippen molar-refractivity contribution in [2.24, 2.45) is 11.8 Å². The maximum Gasteiger partial charge on any atom is 0.233 e. The predicted molar refractivity (Wildman–Crippen MR) is 141 cm³/mol. The zero-order chi connectivity index (χ0) is 25.2. The third kappa shape index (κ3) is 4.62. The van der Waals surface area contributed by atoms with Crippen molar-refractivity contribution < 1.29 is 14.4 Å². The molecule has 2 fully saturated rings. The van der Waals surface area contributed by atoms with Gasteiger partial charge in [-0.15, -0.1) is 0 Å². The van der Waals surface area contributed by atoms with Crippen LogP contribution in [0.4, 0.5) is 5.69 Å². The van der Waals surface area contributed by atoms with E-state index in [1.165, 1.54) is 4.90 Å².